The molecule has 0 spiro atoms. The van der Waals surface area contributed by atoms with Crippen LogP contribution in [0.1, 0.15) is 33.1 Å². The number of aromatic nitrogens is 2. The van der Waals surface area contributed by atoms with Gasteiger partial charge in [-0.15, -0.1) is 10.2 Å². The lowest BCUT2D eigenvalue weighted by Gasteiger charge is -2.44. The van der Waals surface area contributed by atoms with Crippen LogP contribution in [0.25, 0.3) is 0 Å². The predicted octanol–water partition coefficient (Wildman–Crippen LogP) is 0.0331. The number of carbonyl (C=O) groups is 4. The van der Waals surface area contributed by atoms with Crippen LogP contribution < -0.4 is 5.32 Å². The molecule has 1 unspecified atom stereocenters. The molecule has 12 nitrogen and oxygen atoms in total. The molecule has 2 rings (SSSR count). The van der Waals surface area contributed by atoms with E-state index in [1.54, 1.807) is 0 Å². The maximum Gasteiger partial charge on any atom is 0.303 e. The number of ether oxygens (including phenoxy) is 5. The molecule has 1 aromatic rings. The average Bonchev–Trinajstić information content (AvgIpc) is 3.33. The molecule has 0 bridgehead atoms. The summed E-state index contributed by atoms with van der Waals surface area (Å²) in [5.41, 5.74) is 1.39. The van der Waals surface area contributed by atoms with Crippen molar-refractivity contribution in [3.8, 4) is 0 Å². The molecule has 1 aliphatic heterocycles. The molecule has 29 heavy (non-hydrogen) atoms. The van der Waals surface area contributed by atoms with Gasteiger partial charge in [0.25, 0.3) is 0 Å². The summed E-state index contributed by atoms with van der Waals surface area (Å²) >= 11 is 1.05. The van der Waals surface area contributed by atoms with Crippen molar-refractivity contribution in [2.75, 3.05) is 11.9 Å². The number of nitrogens with zero attached hydrogens (tertiary/aromatic N) is 2. The Balaban J connectivity index is 2.45. The first-order valence-electron chi connectivity index (χ1n) is 10.7. The molecule has 1 fully saturated rings. The molecule has 1 aromatic heterocycles. The molecule has 0 aromatic carbocycles. The van der Waals surface area contributed by atoms with Crippen molar-refractivity contribution < 1.29 is 48.3 Å². The summed E-state index contributed by atoms with van der Waals surface area (Å²) in [6.07, 6.45) is -7.17. The summed E-state index contributed by atoms with van der Waals surface area (Å²) in [5, 5.41) is 10.4. The molecule has 0 radical (unpaired) electrons. The van der Waals surface area contributed by atoms with Gasteiger partial charge < -0.3 is 29.0 Å². The second kappa shape index (κ2) is 10.1. The maximum absolute atomic E-state index is 12.0. The highest BCUT2D eigenvalue weighted by Gasteiger charge is 2.52. The van der Waals surface area contributed by atoms with Gasteiger partial charge in [-0.05, 0) is 0 Å². The van der Waals surface area contributed by atoms with E-state index in [1.807, 2.05) is 0 Å². The summed E-state index contributed by atoms with van der Waals surface area (Å²) in [5.74, 6) is -4.05. The summed E-state index contributed by atoms with van der Waals surface area (Å²) in [4.78, 5) is 47.3. The second-order valence-corrected chi connectivity index (χ2v) is 6.36. The first kappa shape index (κ1) is 17.1. The third kappa shape index (κ3) is 6.64. The summed E-state index contributed by atoms with van der Waals surface area (Å²) in [6.45, 7) is -3.66. The quantitative estimate of drug-likeness (QED) is 0.454. The fourth-order valence-corrected chi connectivity index (χ4v) is 3.03. The summed E-state index contributed by atoms with van der Waals surface area (Å²) in [7, 11) is 0. The van der Waals surface area contributed by atoms with E-state index >= 15 is 0 Å². The first-order valence-corrected chi connectivity index (χ1v) is 8.80. The van der Waals surface area contributed by atoms with Gasteiger partial charge in [-0.3, -0.25) is 19.2 Å². The van der Waals surface area contributed by atoms with E-state index in [0.717, 1.165) is 11.3 Å². The highest BCUT2D eigenvalue weighted by Crippen LogP contribution is 2.30. The highest BCUT2D eigenvalue weighted by atomic mass is 32.1. The first-order chi connectivity index (χ1) is 15.8. The minimum atomic E-state index is -1.56. The SMILES string of the molecule is [2H]CC(=O)OC[C@H]1OC(Nc2nncs2)[C@H](OC(=O)C[2H])[C@@H](OC(=O)C[2H])[C@H]1OC(=O)C[2H]. The smallest absolute Gasteiger partial charge is 0.303 e. The molecule has 1 N–H and O–H groups in total. The normalized spacial score (nSPS) is 27.9. The fourth-order valence-electron chi connectivity index (χ4n) is 2.56. The molecule has 0 aliphatic carbocycles. The number of nitrogens with one attached hydrogen (secondary N) is 1. The van der Waals surface area contributed by atoms with Crippen LogP contribution in [0.15, 0.2) is 5.51 Å². The van der Waals surface area contributed by atoms with Crippen molar-refractivity contribution in [1.82, 2.24) is 10.2 Å². The van der Waals surface area contributed by atoms with Crippen LogP contribution >= 0.6 is 11.3 Å². The molecular formula is C16H21N3O9S. The third-order valence-electron chi connectivity index (χ3n) is 3.47. The van der Waals surface area contributed by atoms with Crippen molar-refractivity contribution in [2.45, 2.75) is 58.2 Å². The molecule has 160 valence electrons. The van der Waals surface area contributed by atoms with Crippen LogP contribution in [0.3, 0.4) is 0 Å². The van der Waals surface area contributed by atoms with Crippen molar-refractivity contribution in [3.05, 3.63) is 5.51 Å². The zero-order valence-corrected chi connectivity index (χ0v) is 15.8. The van der Waals surface area contributed by atoms with Gasteiger partial charge in [-0.1, -0.05) is 11.3 Å². The van der Waals surface area contributed by atoms with E-state index in [1.165, 1.54) is 5.51 Å². The van der Waals surface area contributed by atoms with Gasteiger partial charge in [0.05, 0.1) is 0 Å². The number of anilines is 1. The van der Waals surface area contributed by atoms with Gasteiger partial charge in [-0.25, -0.2) is 0 Å². The van der Waals surface area contributed by atoms with Crippen LogP contribution in [-0.2, 0) is 42.9 Å². The summed E-state index contributed by atoms with van der Waals surface area (Å²) in [6, 6.07) is 0. The predicted molar refractivity (Wildman–Crippen MR) is 95.5 cm³/mol. The lowest BCUT2D eigenvalue weighted by atomic mass is 9.97. The van der Waals surface area contributed by atoms with Crippen molar-refractivity contribution in [3.63, 3.8) is 0 Å². The van der Waals surface area contributed by atoms with Crippen molar-refractivity contribution >= 4 is 40.3 Å². The van der Waals surface area contributed by atoms with Crippen LogP contribution in [0, 0.1) is 0 Å². The Morgan fingerprint density at radius 2 is 1.66 bits per heavy atom. The fraction of sp³-hybridized carbons (Fsp3) is 0.625. The van der Waals surface area contributed by atoms with E-state index in [-0.39, 0.29) is 5.13 Å². The molecule has 1 saturated heterocycles. The van der Waals surface area contributed by atoms with Gasteiger partial charge >= 0.3 is 23.9 Å². The van der Waals surface area contributed by atoms with E-state index in [2.05, 4.69) is 15.5 Å². The Hall–Kier alpha value is -2.80. The lowest BCUT2D eigenvalue weighted by Crippen LogP contribution is -2.64. The third-order valence-corrected chi connectivity index (χ3v) is 4.09. The monoisotopic (exact) mass is 435 g/mol. The van der Waals surface area contributed by atoms with Crippen molar-refractivity contribution in [2.24, 2.45) is 0 Å². The zero-order valence-electron chi connectivity index (χ0n) is 19.0. The van der Waals surface area contributed by atoms with E-state index < -0.39 is 88.7 Å². The number of esters is 4. The maximum atomic E-state index is 12.0. The van der Waals surface area contributed by atoms with Gasteiger partial charge in [-0.2, -0.15) is 0 Å². The number of carbonyl (C=O) groups excluding carboxylic acids is 4. The Labute approximate surface area is 175 Å². The average molecular weight is 435 g/mol. The van der Waals surface area contributed by atoms with Gasteiger partial charge in [0.1, 0.15) is 18.2 Å². The Morgan fingerprint density at radius 1 is 1.03 bits per heavy atom. The van der Waals surface area contributed by atoms with Gasteiger partial charge in [0.2, 0.25) is 5.13 Å². The second-order valence-electron chi connectivity index (χ2n) is 5.53. The van der Waals surface area contributed by atoms with Crippen LogP contribution in [0.5, 0.6) is 0 Å². The minimum Gasteiger partial charge on any atom is -0.463 e. The van der Waals surface area contributed by atoms with Crippen LogP contribution in [0.2, 0.25) is 0 Å². The zero-order chi connectivity index (χ0) is 24.4. The molecule has 0 saturated carbocycles. The molecular weight excluding hydrogens is 410 g/mol. The lowest BCUT2D eigenvalue weighted by molar-refractivity contribution is -0.247. The van der Waals surface area contributed by atoms with Crippen LogP contribution in [-0.4, -0.2) is 71.3 Å². The number of hydrogen-bond donors (Lipinski definition) is 1. The van der Waals surface area contributed by atoms with E-state index in [9.17, 15) is 19.2 Å². The minimum absolute atomic E-state index is 0.209. The Bertz CT molecular complexity index is 819. The topological polar surface area (TPSA) is 152 Å². The molecule has 1 aliphatic rings. The number of rotatable bonds is 7. The largest absolute Gasteiger partial charge is 0.463 e. The standard InChI is InChI=1S/C16H21N3O9S/c1-7(20)24-5-11-12(25-8(2)21)13(26-9(3)22)14(27-10(4)23)15(28-11)18-16-19-17-6-29-16/h6,11-15H,5H2,1-4H3,(H,18,19)/t11-,12+,13+,14-,15?/m1/s1/i1D,2D,3D,4D. The Morgan fingerprint density at radius 3 is 2.24 bits per heavy atom. The molecule has 5 atom stereocenters. The van der Waals surface area contributed by atoms with Gasteiger partial charge in [0.15, 0.2) is 24.5 Å². The Kier molecular flexibility index (Phi) is 5.96. The molecule has 13 heteroatoms. The van der Waals surface area contributed by atoms with Gasteiger partial charge in [0, 0.05) is 33.1 Å². The number of hydrogen-bond acceptors (Lipinski definition) is 13. The van der Waals surface area contributed by atoms with Crippen molar-refractivity contribution in [1.29, 1.82) is 0 Å². The summed E-state index contributed by atoms with van der Waals surface area (Å²) < 4.78 is 55.1. The van der Waals surface area contributed by atoms with E-state index in [4.69, 9.17) is 29.2 Å². The highest BCUT2D eigenvalue weighted by molar-refractivity contribution is 7.13. The van der Waals surface area contributed by atoms with E-state index in [0.29, 0.717) is 0 Å². The molecule has 2 heterocycles. The van der Waals surface area contributed by atoms with Crippen LogP contribution in [0.4, 0.5) is 5.13 Å². The molecule has 0 amide bonds.